The summed E-state index contributed by atoms with van der Waals surface area (Å²) in [5.74, 6) is 0.637. The van der Waals surface area contributed by atoms with Crippen molar-refractivity contribution in [3.63, 3.8) is 0 Å². The van der Waals surface area contributed by atoms with Crippen LogP contribution >= 0.6 is 11.6 Å². The molecule has 16 heavy (non-hydrogen) atoms. The third kappa shape index (κ3) is 2.67. The number of aliphatic hydroxyl groups is 1. The third-order valence-electron chi connectivity index (χ3n) is 2.74. The summed E-state index contributed by atoms with van der Waals surface area (Å²) >= 11 is 6.07. The van der Waals surface area contributed by atoms with Crippen molar-refractivity contribution in [2.45, 2.75) is 25.0 Å². The molecule has 4 heteroatoms. The molecule has 1 aliphatic carbocycles. The van der Waals surface area contributed by atoms with Crippen molar-refractivity contribution >= 4 is 11.6 Å². The molecule has 0 saturated heterocycles. The lowest BCUT2D eigenvalue weighted by Gasteiger charge is -2.16. The first-order valence-electron chi connectivity index (χ1n) is 5.46. The number of hydrogen-bond donors (Lipinski definition) is 2. The Kier molecular flexibility index (Phi) is 3.69. The number of benzene rings is 1. The molecule has 2 N–H and O–H groups in total. The Morgan fingerprint density at radius 3 is 2.94 bits per heavy atom. The van der Waals surface area contributed by atoms with E-state index in [1.54, 1.807) is 13.2 Å². The summed E-state index contributed by atoms with van der Waals surface area (Å²) in [6.45, 7) is 0.519. The Balaban J connectivity index is 2.09. The number of halogens is 1. The molecule has 0 bridgehead atoms. The van der Waals surface area contributed by atoms with Crippen LogP contribution < -0.4 is 10.1 Å². The Morgan fingerprint density at radius 1 is 1.56 bits per heavy atom. The molecule has 1 saturated carbocycles. The Bertz CT molecular complexity index is 366. The van der Waals surface area contributed by atoms with Gasteiger partial charge in [-0.25, -0.2) is 0 Å². The van der Waals surface area contributed by atoms with Gasteiger partial charge in [-0.1, -0.05) is 17.7 Å². The number of aliphatic hydroxyl groups excluding tert-OH is 1. The van der Waals surface area contributed by atoms with Crippen molar-refractivity contribution in [1.82, 2.24) is 5.32 Å². The molecule has 0 aromatic heterocycles. The van der Waals surface area contributed by atoms with Gasteiger partial charge in [0.2, 0.25) is 0 Å². The zero-order valence-corrected chi connectivity index (χ0v) is 10.00. The van der Waals surface area contributed by atoms with Gasteiger partial charge in [-0.05, 0) is 25.0 Å². The number of hydrogen-bond acceptors (Lipinski definition) is 3. The summed E-state index contributed by atoms with van der Waals surface area (Å²) in [4.78, 5) is 0. The highest BCUT2D eigenvalue weighted by Crippen LogP contribution is 2.32. The first kappa shape index (κ1) is 11.7. The van der Waals surface area contributed by atoms with Crippen molar-refractivity contribution in [2.24, 2.45) is 0 Å². The Morgan fingerprint density at radius 2 is 2.31 bits per heavy atom. The Hall–Kier alpha value is -0.770. The minimum Gasteiger partial charge on any atom is -0.496 e. The van der Waals surface area contributed by atoms with Crippen LogP contribution in [0.2, 0.25) is 5.02 Å². The molecule has 1 aromatic rings. The summed E-state index contributed by atoms with van der Waals surface area (Å²) in [5, 5.41) is 13.9. The zero-order valence-electron chi connectivity index (χ0n) is 9.24. The SMILES string of the molecule is COc1cccc(Cl)c1C(O)CNC1CC1. The van der Waals surface area contributed by atoms with Gasteiger partial charge >= 0.3 is 0 Å². The number of methoxy groups -OCH3 is 1. The van der Waals surface area contributed by atoms with Gasteiger partial charge in [0.25, 0.3) is 0 Å². The standard InChI is InChI=1S/C12H16ClNO2/c1-16-11-4-2-3-9(13)12(11)10(15)7-14-8-5-6-8/h2-4,8,10,14-15H,5-7H2,1H3. The second-order valence-electron chi connectivity index (χ2n) is 4.05. The van der Waals surface area contributed by atoms with E-state index in [-0.39, 0.29) is 0 Å². The lowest BCUT2D eigenvalue weighted by atomic mass is 10.1. The van der Waals surface area contributed by atoms with Crippen LogP contribution in [0.25, 0.3) is 0 Å². The summed E-state index contributed by atoms with van der Waals surface area (Å²) in [5.41, 5.74) is 0.666. The fraction of sp³-hybridized carbons (Fsp3) is 0.500. The first-order valence-corrected chi connectivity index (χ1v) is 5.84. The van der Waals surface area contributed by atoms with Gasteiger partial charge < -0.3 is 15.2 Å². The second-order valence-corrected chi connectivity index (χ2v) is 4.46. The molecule has 1 unspecified atom stereocenters. The topological polar surface area (TPSA) is 41.5 Å². The van der Waals surface area contributed by atoms with E-state index in [1.165, 1.54) is 12.8 Å². The molecule has 3 nitrogen and oxygen atoms in total. The monoisotopic (exact) mass is 241 g/mol. The average molecular weight is 242 g/mol. The van der Waals surface area contributed by atoms with Crippen LogP contribution in [0.1, 0.15) is 24.5 Å². The molecule has 1 atom stereocenters. The van der Waals surface area contributed by atoms with Gasteiger partial charge in [0.1, 0.15) is 5.75 Å². The Labute approximate surface area is 100 Å². The van der Waals surface area contributed by atoms with Crippen LogP contribution in [0.15, 0.2) is 18.2 Å². The normalized spacial score (nSPS) is 17.2. The van der Waals surface area contributed by atoms with Crippen LogP contribution in [0.3, 0.4) is 0 Å². The molecule has 88 valence electrons. The summed E-state index contributed by atoms with van der Waals surface area (Å²) in [6.07, 6.45) is 1.78. The van der Waals surface area contributed by atoms with Crippen molar-refractivity contribution < 1.29 is 9.84 Å². The fourth-order valence-corrected chi connectivity index (χ4v) is 1.98. The van der Waals surface area contributed by atoms with Crippen molar-refractivity contribution in [2.75, 3.05) is 13.7 Å². The van der Waals surface area contributed by atoms with Gasteiger partial charge in [-0.3, -0.25) is 0 Å². The van der Waals surface area contributed by atoms with Crippen LogP contribution in [-0.2, 0) is 0 Å². The molecular weight excluding hydrogens is 226 g/mol. The molecule has 2 rings (SSSR count). The highest BCUT2D eigenvalue weighted by Gasteiger charge is 2.23. The molecule has 1 aliphatic rings. The molecule has 1 aromatic carbocycles. The van der Waals surface area contributed by atoms with Crippen molar-refractivity contribution in [1.29, 1.82) is 0 Å². The first-order chi connectivity index (χ1) is 7.72. The molecule has 0 aliphatic heterocycles. The van der Waals surface area contributed by atoms with Gasteiger partial charge in [0, 0.05) is 18.2 Å². The van der Waals surface area contributed by atoms with E-state index in [2.05, 4.69) is 5.32 Å². The minimum atomic E-state index is -0.621. The van der Waals surface area contributed by atoms with Crippen LogP contribution in [0.4, 0.5) is 0 Å². The molecule has 0 amide bonds. The maximum atomic E-state index is 10.1. The van der Waals surface area contributed by atoms with E-state index >= 15 is 0 Å². The van der Waals surface area contributed by atoms with Gasteiger partial charge in [-0.2, -0.15) is 0 Å². The molecule has 1 fully saturated rings. The van der Waals surface area contributed by atoms with E-state index in [1.807, 2.05) is 12.1 Å². The largest absolute Gasteiger partial charge is 0.496 e. The lowest BCUT2D eigenvalue weighted by Crippen LogP contribution is -2.23. The number of rotatable bonds is 5. The lowest BCUT2D eigenvalue weighted by molar-refractivity contribution is 0.170. The van der Waals surface area contributed by atoms with E-state index in [9.17, 15) is 5.11 Å². The average Bonchev–Trinajstić information content (AvgIpc) is 3.09. The van der Waals surface area contributed by atoms with Crippen molar-refractivity contribution in [3.8, 4) is 5.75 Å². The summed E-state index contributed by atoms with van der Waals surface area (Å²) in [6, 6.07) is 5.95. The van der Waals surface area contributed by atoms with E-state index in [0.29, 0.717) is 28.9 Å². The van der Waals surface area contributed by atoms with Gasteiger partial charge in [0.05, 0.1) is 18.2 Å². The smallest absolute Gasteiger partial charge is 0.126 e. The fourth-order valence-electron chi connectivity index (χ4n) is 1.69. The van der Waals surface area contributed by atoms with E-state index < -0.39 is 6.10 Å². The van der Waals surface area contributed by atoms with Crippen LogP contribution in [0.5, 0.6) is 5.75 Å². The predicted octanol–water partition coefficient (Wildman–Crippen LogP) is 2.13. The third-order valence-corrected chi connectivity index (χ3v) is 3.07. The maximum Gasteiger partial charge on any atom is 0.126 e. The summed E-state index contributed by atoms with van der Waals surface area (Å²) < 4.78 is 5.20. The number of nitrogens with one attached hydrogen (secondary N) is 1. The molecule has 0 radical (unpaired) electrons. The number of ether oxygens (including phenoxy) is 1. The highest BCUT2D eigenvalue weighted by atomic mass is 35.5. The predicted molar refractivity (Wildman–Crippen MR) is 64.0 cm³/mol. The van der Waals surface area contributed by atoms with E-state index in [4.69, 9.17) is 16.3 Å². The zero-order chi connectivity index (χ0) is 11.5. The molecule has 0 heterocycles. The van der Waals surface area contributed by atoms with Crippen molar-refractivity contribution in [3.05, 3.63) is 28.8 Å². The minimum absolute atomic E-state index is 0.519. The molecule has 0 spiro atoms. The van der Waals surface area contributed by atoms with Crippen LogP contribution in [-0.4, -0.2) is 24.8 Å². The van der Waals surface area contributed by atoms with Gasteiger partial charge in [0.15, 0.2) is 0 Å². The summed E-state index contributed by atoms with van der Waals surface area (Å²) in [7, 11) is 1.58. The van der Waals surface area contributed by atoms with Gasteiger partial charge in [-0.15, -0.1) is 0 Å². The maximum absolute atomic E-state index is 10.1. The highest BCUT2D eigenvalue weighted by molar-refractivity contribution is 6.31. The van der Waals surface area contributed by atoms with Crippen LogP contribution in [0, 0.1) is 0 Å². The second kappa shape index (κ2) is 5.04. The quantitative estimate of drug-likeness (QED) is 0.830. The molecular formula is C12H16ClNO2. The van der Waals surface area contributed by atoms with E-state index in [0.717, 1.165) is 0 Å².